The van der Waals surface area contributed by atoms with Crippen LogP contribution < -0.4 is 9.47 Å². The van der Waals surface area contributed by atoms with Crippen LogP contribution in [0.25, 0.3) is 11.4 Å². The lowest BCUT2D eigenvalue weighted by atomic mass is 10.2. The average Bonchev–Trinajstić information content (AvgIpc) is 2.96. The highest BCUT2D eigenvalue weighted by Gasteiger charge is 2.14. The minimum Gasteiger partial charge on any atom is -0.454 e. The van der Waals surface area contributed by atoms with Gasteiger partial charge in [0.05, 0.1) is 12.5 Å². The van der Waals surface area contributed by atoms with E-state index >= 15 is 0 Å². The molecule has 5 heteroatoms. The highest BCUT2D eigenvalue weighted by Crippen LogP contribution is 2.35. The quantitative estimate of drug-likeness (QED) is 0.850. The smallest absolute Gasteiger partial charge is 0.231 e. The number of H-pyrrole nitrogens is 1. The Kier molecular flexibility index (Phi) is 2.19. The standard InChI is InChI=1S/C12H9N3O2/c13-4-3-9-6-14-12(15-9)8-1-2-10-11(5-8)17-7-16-10/h1-2,5-6H,3,7H2,(H,14,15). The third-order valence-electron chi connectivity index (χ3n) is 2.54. The largest absolute Gasteiger partial charge is 0.454 e. The van der Waals surface area contributed by atoms with E-state index in [2.05, 4.69) is 16.0 Å². The molecule has 0 spiro atoms. The van der Waals surface area contributed by atoms with Crippen LogP contribution in [0.2, 0.25) is 0 Å². The molecule has 0 aliphatic carbocycles. The second-order valence-corrected chi connectivity index (χ2v) is 3.66. The zero-order valence-electron chi connectivity index (χ0n) is 8.93. The van der Waals surface area contributed by atoms with Gasteiger partial charge in [0.1, 0.15) is 5.82 Å². The summed E-state index contributed by atoms with van der Waals surface area (Å²) in [5, 5.41) is 8.59. The van der Waals surface area contributed by atoms with Gasteiger partial charge in [-0.15, -0.1) is 0 Å². The zero-order chi connectivity index (χ0) is 11.7. The second-order valence-electron chi connectivity index (χ2n) is 3.66. The summed E-state index contributed by atoms with van der Waals surface area (Å²) in [6.07, 6.45) is 2.00. The number of benzene rings is 1. The van der Waals surface area contributed by atoms with Crippen molar-refractivity contribution in [2.45, 2.75) is 6.42 Å². The van der Waals surface area contributed by atoms with Crippen LogP contribution in [0, 0.1) is 11.3 Å². The molecular weight excluding hydrogens is 218 g/mol. The summed E-state index contributed by atoms with van der Waals surface area (Å²) in [7, 11) is 0. The van der Waals surface area contributed by atoms with Crippen LogP contribution in [0.3, 0.4) is 0 Å². The van der Waals surface area contributed by atoms with E-state index in [0.717, 1.165) is 28.6 Å². The number of aromatic nitrogens is 2. The fourth-order valence-corrected chi connectivity index (χ4v) is 1.72. The van der Waals surface area contributed by atoms with Crippen molar-refractivity contribution < 1.29 is 9.47 Å². The number of nitriles is 1. The van der Waals surface area contributed by atoms with E-state index in [0.29, 0.717) is 6.42 Å². The van der Waals surface area contributed by atoms with Crippen molar-refractivity contribution in [3.8, 4) is 29.0 Å². The Morgan fingerprint density at radius 1 is 1.35 bits per heavy atom. The predicted octanol–water partition coefficient (Wildman–Crippen LogP) is 1.87. The Bertz CT molecular complexity index is 598. The molecule has 0 bridgehead atoms. The lowest BCUT2D eigenvalue weighted by Crippen LogP contribution is -1.92. The number of imidazole rings is 1. The molecule has 0 fully saturated rings. The molecule has 0 unspecified atom stereocenters. The molecule has 0 radical (unpaired) electrons. The minimum absolute atomic E-state index is 0.261. The topological polar surface area (TPSA) is 70.9 Å². The summed E-state index contributed by atoms with van der Waals surface area (Å²) < 4.78 is 10.5. The van der Waals surface area contributed by atoms with Gasteiger partial charge in [0, 0.05) is 17.5 Å². The number of rotatable bonds is 2. The monoisotopic (exact) mass is 227 g/mol. The van der Waals surface area contributed by atoms with Crippen molar-refractivity contribution in [3.63, 3.8) is 0 Å². The summed E-state index contributed by atoms with van der Waals surface area (Å²) in [5.74, 6) is 2.20. The Hall–Kier alpha value is -2.48. The molecule has 1 aliphatic rings. The third kappa shape index (κ3) is 1.70. The van der Waals surface area contributed by atoms with Gasteiger partial charge >= 0.3 is 0 Å². The third-order valence-corrected chi connectivity index (χ3v) is 2.54. The van der Waals surface area contributed by atoms with Gasteiger partial charge < -0.3 is 14.5 Å². The van der Waals surface area contributed by atoms with Gasteiger partial charge in [-0.1, -0.05) is 0 Å². The maximum atomic E-state index is 8.59. The SMILES string of the molecule is N#CCc1cnc(-c2ccc3c(c2)OCO3)[nH]1. The fraction of sp³-hybridized carbons (Fsp3) is 0.167. The summed E-state index contributed by atoms with van der Waals surface area (Å²) >= 11 is 0. The van der Waals surface area contributed by atoms with Crippen LogP contribution >= 0.6 is 0 Å². The van der Waals surface area contributed by atoms with E-state index in [-0.39, 0.29) is 6.79 Å². The summed E-state index contributed by atoms with van der Waals surface area (Å²) in [6.45, 7) is 0.261. The Morgan fingerprint density at radius 2 is 2.24 bits per heavy atom. The molecule has 0 atom stereocenters. The highest BCUT2D eigenvalue weighted by atomic mass is 16.7. The van der Waals surface area contributed by atoms with Gasteiger partial charge in [-0.2, -0.15) is 5.26 Å². The maximum absolute atomic E-state index is 8.59. The molecule has 0 amide bonds. The van der Waals surface area contributed by atoms with E-state index in [1.165, 1.54) is 0 Å². The number of aromatic amines is 1. The van der Waals surface area contributed by atoms with Gasteiger partial charge in [0.2, 0.25) is 6.79 Å². The molecule has 2 aromatic rings. The zero-order valence-corrected chi connectivity index (χ0v) is 8.93. The second kappa shape index (κ2) is 3.83. The number of nitrogens with zero attached hydrogens (tertiary/aromatic N) is 2. The van der Waals surface area contributed by atoms with E-state index < -0.39 is 0 Å². The van der Waals surface area contributed by atoms with E-state index in [4.69, 9.17) is 14.7 Å². The van der Waals surface area contributed by atoms with Crippen LogP contribution in [0.1, 0.15) is 5.69 Å². The Morgan fingerprint density at radius 3 is 3.12 bits per heavy atom. The fourth-order valence-electron chi connectivity index (χ4n) is 1.72. The van der Waals surface area contributed by atoms with Gasteiger partial charge in [0.15, 0.2) is 11.5 Å². The van der Waals surface area contributed by atoms with Gasteiger partial charge in [-0.25, -0.2) is 4.98 Å². The van der Waals surface area contributed by atoms with Crippen LogP contribution in [-0.4, -0.2) is 16.8 Å². The van der Waals surface area contributed by atoms with Crippen LogP contribution in [0.15, 0.2) is 24.4 Å². The number of hydrogen-bond acceptors (Lipinski definition) is 4. The molecular formula is C12H9N3O2. The predicted molar refractivity (Wildman–Crippen MR) is 59.5 cm³/mol. The molecule has 1 aromatic carbocycles. The first-order valence-electron chi connectivity index (χ1n) is 5.17. The summed E-state index contributed by atoms with van der Waals surface area (Å²) in [5.41, 5.74) is 1.72. The molecule has 0 saturated carbocycles. The lowest BCUT2D eigenvalue weighted by Gasteiger charge is -1.99. The highest BCUT2D eigenvalue weighted by molar-refractivity contribution is 5.61. The first-order valence-corrected chi connectivity index (χ1v) is 5.17. The molecule has 1 N–H and O–H groups in total. The van der Waals surface area contributed by atoms with Crippen molar-refractivity contribution in [2.75, 3.05) is 6.79 Å². The number of hydrogen-bond donors (Lipinski definition) is 1. The van der Waals surface area contributed by atoms with E-state index in [9.17, 15) is 0 Å². The summed E-state index contributed by atoms with van der Waals surface area (Å²) in [4.78, 5) is 7.32. The molecule has 84 valence electrons. The molecule has 17 heavy (non-hydrogen) atoms. The first kappa shape index (κ1) is 9.73. The number of fused-ring (bicyclic) bond motifs is 1. The van der Waals surface area contributed by atoms with Crippen molar-refractivity contribution in [1.82, 2.24) is 9.97 Å². The Balaban J connectivity index is 1.95. The average molecular weight is 227 g/mol. The molecule has 1 aliphatic heterocycles. The number of nitrogens with one attached hydrogen (secondary N) is 1. The Labute approximate surface area is 97.6 Å². The van der Waals surface area contributed by atoms with E-state index in [1.54, 1.807) is 6.20 Å². The molecule has 0 saturated heterocycles. The molecule has 5 nitrogen and oxygen atoms in total. The minimum atomic E-state index is 0.261. The molecule has 1 aromatic heterocycles. The van der Waals surface area contributed by atoms with Gasteiger partial charge in [-0.3, -0.25) is 0 Å². The normalized spacial score (nSPS) is 12.4. The summed E-state index contributed by atoms with van der Waals surface area (Å²) in [6, 6.07) is 7.70. The van der Waals surface area contributed by atoms with Gasteiger partial charge in [-0.05, 0) is 18.2 Å². The molecule has 3 rings (SSSR count). The first-order chi connectivity index (χ1) is 8.36. The van der Waals surface area contributed by atoms with Crippen LogP contribution in [-0.2, 0) is 6.42 Å². The van der Waals surface area contributed by atoms with Crippen molar-refractivity contribution in [2.24, 2.45) is 0 Å². The number of ether oxygens (including phenoxy) is 2. The molecule has 2 heterocycles. The van der Waals surface area contributed by atoms with E-state index in [1.807, 2.05) is 18.2 Å². The van der Waals surface area contributed by atoms with Crippen molar-refractivity contribution in [3.05, 3.63) is 30.1 Å². The lowest BCUT2D eigenvalue weighted by molar-refractivity contribution is 0.174. The van der Waals surface area contributed by atoms with Crippen molar-refractivity contribution in [1.29, 1.82) is 5.26 Å². The van der Waals surface area contributed by atoms with Gasteiger partial charge in [0.25, 0.3) is 0 Å². The van der Waals surface area contributed by atoms with Crippen molar-refractivity contribution >= 4 is 0 Å². The maximum Gasteiger partial charge on any atom is 0.231 e. The van der Waals surface area contributed by atoms with Crippen LogP contribution in [0.4, 0.5) is 0 Å². The van der Waals surface area contributed by atoms with Crippen LogP contribution in [0.5, 0.6) is 11.5 Å².